The number of guanidine groups is 1. The number of hydrogen-bond acceptors (Lipinski definition) is 3. The second kappa shape index (κ2) is 10.6. The number of rotatable bonds is 4. The van der Waals surface area contributed by atoms with Crippen molar-refractivity contribution in [2.75, 3.05) is 26.2 Å². The molecule has 0 amide bonds. The molecule has 2 aromatic rings. The summed E-state index contributed by atoms with van der Waals surface area (Å²) < 4.78 is 6.05. The predicted octanol–water partition coefficient (Wildman–Crippen LogP) is 3.86. The monoisotopic (exact) mass is 480 g/mol. The molecule has 1 aliphatic heterocycles. The normalized spacial score (nSPS) is 17.4. The van der Waals surface area contributed by atoms with Gasteiger partial charge in [0.1, 0.15) is 6.10 Å². The topological polar surface area (TPSA) is 49.8 Å². The van der Waals surface area contributed by atoms with Crippen LogP contribution in [0.2, 0.25) is 0 Å². The van der Waals surface area contributed by atoms with Crippen molar-refractivity contribution < 1.29 is 4.74 Å². The van der Waals surface area contributed by atoms with E-state index < -0.39 is 0 Å². The highest BCUT2D eigenvalue weighted by Crippen LogP contribution is 2.25. The summed E-state index contributed by atoms with van der Waals surface area (Å²) in [5.74, 6) is 0.930. The molecule has 1 saturated heterocycles. The van der Waals surface area contributed by atoms with Gasteiger partial charge in [-0.05, 0) is 43.5 Å². The molecule has 1 fully saturated rings. The smallest absolute Gasteiger partial charge is 0.194 e. The molecule has 1 unspecified atom stereocenters. The molecule has 1 aromatic heterocycles. The van der Waals surface area contributed by atoms with Crippen molar-refractivity contribution in [1.29, 1.82) is 0 Å². The van der Waals surface area contributed by atoms with Gasteiger partial charge in [-0.2, -0.15) is 0 Å². The van der Waals surface area contributed by atoms with Crippen LogP contribution >= 0.6 is 24.0 Å². The van der Waals surface area contributed by atoms with Crippen molar-refractivity contribution in [3.05, 3.63) is 65.0 Å². The Kier molecular flexibility index (Phi) is 8.50. The SMILES string of the molecule is CCNC(=NCc1ncccc1C)N1CCOC(c2ccccc2C)C1.I. The fraction of sp³-hybridized carbons (Fsp3) is 0.429. The van der Waals surface area contributed by atoms with Crippen molar-refractivity contribution in [1.82, 2.24) is 15.2 Å². The number of nitrogens with zero attached hydrogens (tertiary/aromatic N) is 3. The van der Waals surface area contributed by atoms with Crippen molar-refractivity contribution >= 4 is 29.9 Å². The lowest BCUT2D eigenvalue weighted by molar-refractivity contribution is -0.00834. The van der Waals surface area contributed by atoms with Crippen molar-refractivity contribution in [3.8, 4) is 0 Å². The summed E-state index contributed by atoms with van der Waals surface area (Å²) in [5, 5.41) is 3.42. The first-order chi connectivity index (χ1) is 12.7. The van der Waals surface area contributed by atoms with Crippen molar-refractivity contribution in [2.24, 2.45) is 4.99 Å². The molecule has 0 spiro atoms. The van der Waals surface area contributed by atoms with Crippen LogP contribution in [0, 0.1) is 13.8 Å². The van der Waals surface area contributed by atoms with Gasteiger partial charge < -0.3 is 15.0 Å². The van der Waals surface area contributed by atoms with E-state index in [1.165, 1.54) is 16.7 Å². The molecule has 0 radical (unpaired) electrons. The number of benzene rings is 1. The molecule has 0 aliphatic carbocycles. The molecule has 1 aliphatic rings. The Morgan fingerprint density at radius 1 is 1.22 bits per heavy atom. The van der Waals surface area contributed by atoms with E-state index in [-0.39, 0.29) is 30.1 Å². The Morgan fingerprint density at radius 3 is 2.74 bits per heavy atom. The first kappa shape index (κ1) is 21.6. The number of morpholine rings is 1. The largest absolute Gasteiger partial charge is 0.370 e. The van der Waals surface area contributed by atoms with Crippen LogP contribution in [-0.2, 0) is 11.3 Å². The van der Waals surface area contributed by atoms with E-state index in [9.17, 15) is 0 Å². The summed E-state index contributed by atoms with van der Waals surface area (Å²) >= 11 is 0. The lowest BCUT2D eigenvalue weighted by Crippen LogP contribution is -2.48. The van der Waals surface area contributed by atoms with E-state index in [1.807, 2.05) is 12.3 Å². The van der Waals surface area contributed by atoms with E-state index in [2.05, 4.69) is 66.3 Å². The fourth-order valence-electron chi connectivity index (χ4n) is 3.24. The maximum absolute atomic E-state index is 6.05. The van der Waals surface area contributed by atoms with Crippen LogP contribution in [0.5, 0.6) is 0 Å². The Bertz CT molecular complexity index is 765. The molecular formula is C21H29IN4O. The summed E-state index contributed by atoms with van der Waals surface area (Å²) in [6.45, 7) is 10.1. The average molecular weight is 480 g/mol. The fourth-order valence-corrected chi connectivity index (χ4v) is 3.24. The summed E-state index contributed by atoms with van der Waals surface area (Å²) in [6.07, 6.45) is 1.90. The van der Waals surface area contributed by atoms with Crippen molar-refractivity contribution in [2.45, 2.75) is 33.4 Å². The molecule has 0 saturated carbocycles. The molecule has 6 heteroatoms. The van der Waals surface area contributed by atoms with Gasteiger partial charge in [0.15, 0.2) is 5.96 Å². The Labute approximate surface area is 179 Å². The summed E-state index contributed by atoms with van der Waals surface area (Å²) in [4.78, 5) is 11.6. The minimum Gasteiger partial charge on any atom is -0.370 e. The number of aryl methyl sites for hydroxylation is 2. The lowest BCUT2D eigenvalue weighted by atomic mass is 10.0. The van der Waals surface area contributed by atoms with E-state index in [0.29, 0.717) is 13.2 Å². The minimum atomic E-state index is 0. The van der Waals surface area contributed by atoms with Crippen LogP contribution in [0.4, 0.5) is 0 Å². The zero-order valence-electron chi connectivity index (χ0n) is 16.3. The highest BCUT2D eigenvalue weighted by atomic mass is 127. The van der Waals surface area contributed by atoms with Crippen LogP contribution < -0.4 is 5.32 Å². The lowest BCUT2D eigenvalue weighted by Gasteiger charge is -2.35. The van der Waals surface area contributed by atoms with Crippen LogP contribution in [-0.4, -0.2) is 42.1 Å². The van der Waals surface area contributed by atoms with Gasteiger partial charge in [0.2, 0.25) is 0 Å². The maximum Gasteiger partial charge on any atom is 0.194 e. The van der Waals surface area contributed by atoms with Crippen LogP contribution in [0.1, 0.15) is 35.4 Å². The second-order valence-electron chi connectivity index (χ2n) is 6.60. The summed E-state index contributed by atoms with van der Waals surface area (Å²) in [5.41, 5.74) is 4.72. The van der Waals surface area contributed by atoms with Crippen LogP contribution in [0.3, 0.4) is 0 Å². The third kappa shape index (κ3) is 5.65. The average Bonchev–Trinajstić information content (AvgIpc) is 2.67. The number of aromatic nitrogens is 1. The maximum atomic E-state index is 6.05. The Hall–Kier alpha value is -1.67. The first-order valence-corrected chi connectivity index (χ1v) is 9.30. The zero-order valence-corrected chi connectivity index (χ0v) is 18.6. The number of hydrogen-bond donors (Lipinski definition) is 1. The highest BCUT2D eigenvalue weighted by Gasteiger charge is 2.25. The molecule has 2 heterocycles. The van der Waals surface area contributed by atoms with Gasteiger partial charge in [0, 0.05) is 19.3 Å². The third-order valence-corrected chi connectivity index (χ3v) is 4.73. The van der Waals surface area contributed by atoms with Crippen LogP contribution in [0.15, 0.2) is 47.6 Å². The van der Waals surface area contributed by atoms with Gasteiger partial charge in [-0.3, -0.25) is 4.98 Å². The van der Waals surface area contributed by atoms with Crippen molar-refractivity contribution in [3.63, 3.8) is 0 Å². The van der Waals surface area contributed by atoms with Gasteiger partial charge in [-0.25, -0.2) is 4.99 Å². The summed E-state index contributed by atoms with van der Waals surface area (Å²) in [7, 11) is 0. The van der Waals surface area contributed by atoms with E-state index in [1.54, 1.807) is 0 Å². The van der Waals surface area contributed by atoms with E-state index in [4.69, 9.17) is 9.73 Å². The highest BCUT2D eigenvalue weighted by molar-refractivity contribution is 14.0. The second-order valence-corrected chi connectivity index (χ2v) is 6.60. The molecule has 5 nitrogen and oxygen atoms in total. The number of ether oxygens (including phenoxy) is 1. The molecule has 146 valence electrons. The zero-order chi connectivity index (χ0) is 18.4. The predicted molar refractivity (Wildman–Crippen MR) is 121 cm³/mol. The number of pyridine rings is 1. The number of nitrogens with one attached hydrogen (secondary N) is 1. The molecule has 1 aromatic carbocycles. The van der Waals surface area contributed by atoms with Crippen LogP contribution in [0.25, 0.3) is 0 Å². The quantitative estimate of drug-likeness (QED) is 0.411. The molecule has 27 heavy (non-hydrogen) atoms. The van der Waals surface area contributed by atoms with Gasteiger partial charge in [-0.1, -0.05) is 30.3 Å². The number of halogens is 1. The molecular weight excluding hydrogens is 451 g/mol. The minimum absolute atomic E-state index is 0. The number of aliphatic imine (C=N–C) groups is 1. The standard InChI is InChI=1S/C21H28N4O.HI/c1-4-22-21(24-14-19-17(3)9-7-11-23-19)25-12-13-26-20(15-25)18-10-6-5-8-16(18)2;/h5-11,20H,4,12-15H2,1-3H3,(H,22,24);1H. The Balaban J connectivity index is 0.00000261. The third-order valence-electron chi connectivity index (χ3n) is 4.73. The van der Waals surface area contributed by atoms with E-state index in [0.717, 1.165) is 31.3 Å². The molecule has 0 bridgehead atoms. The first-order valence-electron chi connectivity index (χ1n) is 9.30. The Morgan fingerprint density at radius 2 is 2.00 bits per heavy atom. The van der Waals surface area contributed by atoms with Gasteiger partial charge in [0.25, 0.3) is 0 Å². The van der Waals surface area contributed by atoms with Gasteiger partial charge in [-0.15, -0.1) is 24.0 Å². The van der Waals surface area contributed by atoms with E-state index >= 15 is 0 Å². The summed E-state index contributed by atoms with van der Waals surface area (Å²) in [6, 6.07) is 12.5. The molecule has 3 rings (SSSR count). The van der Waals surface area contributed by atoms with Gasteiger partial charge in [0.05, 0.1) is 25.4 Å². The van der Waals surface area contributed by atoms with Gasteiger partial charge >= 0.3 is 0 Å². The molecule has 1 atom stereocenters. The molecule has 1 N–H and O–H groups in total.